The zero-order valence-electron chi connectivity index (χ0n) is 15.7. The molecule has 0 unspecified atom stereocenters. The largest absolute Gasteiger partial charge is 0.493 e. The molecular weight excluding hydrogens is 432 g/mol. The summed E-state index contributed by atoms with van der Waals surface area (Å²) in [5.41, 5.74) is 1.55. The molecule has 0 saturated heterocycles. The minimum absolute atomic E-state index is 0. The van der Waals surface area contributed by atoms with E-state index in [-0.39, 0.29) is 30.0 Å². The van der Waals surface area contributed by atoms with Gasteiger partial charge in [-0.05, 0) is 47.4 Å². The molecular formula is C18H15ClN6O4S. The number of tetrazole rings is 1. The zero-order chi connectivity index (χ0) is 20.4. The highest BCUT2D eigenvalue weighted by atomic mass is 35.5. The number of anilines is 1. The highest BCUT2D eigenvalue weighted by Gasteiger charge is 2.31. The summed E-state index contributed by atoms with van der Waals surface area (Å²) in [6, 6.07) is 8.45. The summed E-state index contributed by atoms with van der Waals surface area (Å²) in [6.45, 7) is 1.71. The SMILES string of the molecule is COc1cc(/C=C2/C(=O)N(c3nn[nH]n3)N=C2C)ccc1OC(=O)c1cccs1.Cl. The molecule has 2 aromatic heterocycles. The van der Waals surface area contributed by atoms with Gasteiger partial charge in [0.25, 0.3) is 11.9 Å². The van der Waals surface area contributed by atoms with Crippen LogP contribution in [0.2, 0.25) is 0 Å². The zero-order valence-corrected chi connectivity index (χ0v) is 17.4. The fourth-order valence-corrected chi connectivity index (χ4v) is 3.23. The van der Waals surface area contributed by atoms with Gasteiger partial charge in [-0.25, -0.2) is 4.79 Å². The van der Waals surface area contributed by atoms with Crippen LogP contribution in [0.3, 0.4) is 0 Å². The van der Waals surface area contributed by atoms with Crippen LogP contribution >= 0.6 is 23.7 Å². The Morgan fingerprint density at radius 2 is 2.10 bits per heavy atom. The molecule has 0 fully saturated rings. The lowest BCUT2D eigenvalue weighted by atomic mass is 10.1. The van der Waals surface area contributed by atoms with Crippen molar-refractivity contribution in [1.82, 2.24) is 20.6 Å². The summed E-state index contributed by atoms with van der Waals surface area (Å²) in [5, 5.41) is 20.3. The van der Waals surface area contributed by atoms with Gasteiger partial charge in [-0.1, -0.05) is 17.2 Å². The molecule has 4 rings (SSSR count). The number of hydrogen-bond acceptors (Lipinski definition) is 9. The summed E-state index contributed by atoms with van der Waals surface area (Å²) in [4.78, 5) is 25.3. The molecule has 154 valence electrons. The Bertz CT molecular complexity index is 1130. The molecule has 1 N–H and O–H groups in total. The number of ether oxygens (including phenoxy) is 2. The van der Waals surface area contributed by atoms with Gasteiger partial charge in [0, 0.05) is 0 Å². The van der Waals surface area contributed by atoms with Gasteiger partial charge in [-0.2, -0.15) is 15.3 Å². The Labute approximate surface area is 180 Å². The molecule has 0 atom stereocenters. The first-order valence-electron chi connectivity index (χ1n) is 8.35. The predicted molar refractivity (Wildman–Crippen MR) is 112 cm³/mol. The van der Waals surface area contributed by atoms with Crippen LogP contribution in [-0.4, -0.2) is 45.3 Å². The standard InChI is InChI=1S/C18H14N6O4S.ClH/c1-10-12(16(25)24(21-10)18-19-22-23-20-18)8-11-5-6-13(14(9-11)27-2)28-17(26)15-4-3-7-29-15;/h3-9H,1-2H3,(H,19,20,22,23);1H/b12-8+;. The van der Waals surface area contributed by atoms with E-state index in [0.717, 1.165) is 5.01 Å². The summed E-state index contributed by atoms with van der Waals surface area (Å²) in [7, 11) is 1.47. The van der Waals surface area contributed by atoms with E-state index < -0.39 is 5.97 Å². The van der Waals surface area contributed by atoms with Crippen LogP contribution in [0.15, 0.2) is 46.4 Å². The van der Waals surface area contributed by atoms with Crippen LogP contribution in [-0.2, 0) is 4.79 Å². The van der Waals surface area contributed by atoms with E-state index >= 15 is 0 Å². The first kappa shape index (κ1) is 21.1. The predicted octanol–water partition coefficient (Wildman–Crippen LogP) is 2.72. The quantitative estimate of drug-likeness (QED) is 0.363. The first-order valence-corrected chi connectivity index (χ1v) is 9.23. The first-order chi connectivity index (χ1) is 14.1. The van der Waals surface area contributed by atoms with Gasteiger partial charge in [0.15, 0.2) is 11.5 Å². The van der Waals surface area contributed by atoms with Crippen LogP contribution in [0.4, 0.5) is 5.95 Å². The fourth-order valence-electron chi connectivity index (χ4n) is 2.64. The van der Waals surface area contributed by atoms with Gasteiger partial charge in [0.2, 0.25) is 0 Å². The second-order valence-corrected chi connectivity index (χ2v) is 6.80. The summed E-state index contributed by atoms with van der Waals surface area (Å²) >= 11 is 1.29. The smallest absolute Gasteiger partial charge is 0.353 e. The lowest BCUT2D eigenvalue weighted by Crippen LogP contribution is -2.22. The molecule has 0 spiro atoms. The van der Waals surface area contributed by atoms with Gasteiger partial charge in [0.1, 0.15) is 4.88 Å². The number of thiophene rings is 1. The highest BCUT2D eigenvalue weighted by Crippen LogP contribution is 2.31. The lowest BCUT2D eigenvalue weighted by Gasteiger charge is -2.10. The topological polar surface area (TPSA) is 123 Å². The van der Waals surface area contributed by atoms with E-state index in [1.807, 2.05) is 0 Å². The number of nitrogens with zero attached hydrogens (tertiary/aromatic N) is 5. The molecule has 1 aliphatic heterocycles. The van der Waals surface area contributed by atoms with Crippen molar-refractivity contribution in [2.45, 2.75) is 6.92 Å². The van der Waals surface area contributed by atoms with E-state index in [0.29, 0.717) is 27.5 Å². The summed E-state index contributed by atoms with van der Waals surface area (Å²) in [5.74, 6) is -0.139. The number of hydrazone groups is 1. The number of esters is 1. The number of benzene rings is 1. The number of methoxy groups -OCH3 is 1. The van der Waals surface area contributed by atoms with Crippen molar-refractivity contribution in [3.8, 4) is 11.5 Å². The van der Waals surface area contributed by atoms with Crippen molar-refractivity contribution in [3.63, 3.8) is 0 Å². The minimum Gasteiger partial charge on any atom is -0.493 e. The summed E-state index contributed by atoms with van der Waals surface area (Å²) < 4.78 is 10.8. The summed E-state index contributed by atoms with van der Waals surface area (Å²) in [6.07, 6.45) is 1.66. The monoisotopic (exact) mass is 446 g/mol. The van der Waals surface area contributed by atoms with E-state index in [4.69, 9.17) is 9.47 Å². The second-order valence-electron chi connectivity index (χ2n) is 5.85. The number of aromatic amines is 1. The molecule has 0 bridgehead atoms. The maximum Gasteiger partial charge on any atom is 0.353 e. The van der Waals surface area contributed by atoms with Gasteiger partial charge in [0.05, 0.1) is 18.4 Å². The lowest BCUT2D eigenvalue weighted by molar-refractivity contribution is -0.114. The van der Waals surface area contributed by atoms with Crippen molar-refractivity contribution in [1.29, 1.82) is 0 Å². The van der Waals surface area contributed by atoms with Gasteiger partial charge in [-0.3, -0.25) is 4.79 Å². The van der Waals surface area contributed by atoms with Crippen molar-refractivity contribution >= 4 is 53.4 Å². The van der Waals surface area contributed by atoms with E-state index in [1.54, 1.807) is 48.7 Å². The Balaban J connectivity index is 0.00000256. The van der Waals surface area contributed by atoms with Crippen LogP contribution < -0.4 is 14.5 Å². The highest BCUT2D eigenvalue weighted by molar-refractivity contribution is 7.12. The van der Waals surface area contributed by atoms with Gasteiger partial charge >= 0.3 is 5.97 Å². The Hall–Kier alpha value is -3.57. The van der Waals surface area contributed by atoms with Crippen LogP contribution in [0.25, 0.3) is 6.08 Å². The van der Waals surface area contributed by atoms with Crippen molar-refractivity contribution in [2.75, 3.05) is 12.1 Å². The Morgan fingerprint density at radius 3 is 2.77 bits per heavy atom. The van der Waals surface area contributed by atoms with Crippen molar-refractivity contribution in [3.05, 3.63) is 51.7 Å². The van der Waals surface area contributed by atoms with E-state index in [1.165, 1.54) is 18.4 Å². The third-order valence-corrected chi connectivity index (χ3v) is 4.86. The molecule has 10 nitrogen and oxygen atoms in total. The number of rotatable bonds is 5. The Morgan fingerprint density at radius 1 is 1.27 bits per heavy atom. The minimum atomic E-state index is -0.464. The van der Waals surface area contributed by atoms with Crippen molar-refractivity contribution < 1.29 is 19.1 Å². The van der Waals surface area contributed by atoms with E-state index in [9.17, 15) is 9.59 Å². The van der Waals surface area contributed by atoms with E-state index in [2.05, 4.69) is 25.7 Å². The maximum absolute atomic E-state index is 12.6. The number of nitrogens with one attached hydrogen (secondary N) is 1. The molecule has 1 amide bonds. The maximum atomic E-state index is 12.6. The number of amides is 1. The molecule has 1 aliphatic rings. The fraction of sp³-hybridized carbons (Fsp3) is 0.111. The molecule has 3 heterocycles. The Kier molecular flexibility index (Phi) is 6.23. The molecule has 3 aromatic rings. The number of hydrogen-bond donors (Lipinski definition) is 1. The number of carbonyl (C=O) groups excluding carboxylic acids is 2. The van der Waals surface area contributed by atoms with Crippen molar-refractivity contribution in [2.24, 2.45) is 5.10 Å². The number of carbonyl (C=O) groups is 2. The number of aromatic nitrogens is 4. The van der Waals surface area contributed by atoms with Gasteiger partial charge < -0.3 is 9.47 Å². The third-order valence-electron chi connectivity index (χ3n) is 4.01. The number of halogens is 1. The average Bonchev–Trinajstić information content (AvgIpc) is 3.47. The normalized spacial score (nSPS) is 14.5. The van der Waals surface area contributed by atoms with Crippen LogP contribution in [0, 0.1) is 0 Å². The molecule has 30 heavy (non-hydrogen) atoms. The molecule has 12 heteroatoms. The molecule has 0 radical (unpaired) electrons. The number of H-pyrrole nitrogens is 1. The average molecular weight is 447 g/mol. The third kappa shape index (κ3) is 4.07. The second kappa shape index (κ2) is 8.84. The molecule has 1 aromatic carbocycles. The van der Waals surface area contributed by atoms with Crippen LogP contribution in [0.1, 0.15) is 22.2 Å². The van der Waals surface area contributed by atoms with Crippen LogP contribution in [0.5, 0.6) is 11.5 Å². The molecule has 0 aliphatic carbocycles. The van der Waals surface area contributed by atoms with Gasteiger partial charge in [-0.15, -0.1) is 28.8 Å². The molecule has 0 saturated carbocycles.